The summed E-state index contributed by atoms with van der Waals surface area (Å²) in [5, 5.41) is 0. The Morgan fingerprint density at radius 1 is 1.00 bits per heavy atom. The van der Waals surface area contributed by atoms with Crippen LogP contribution in [0.4, 0.5) is 0 Å². The number of rotatable bonds is 5. The lowest BCUT2D eigenvalue weighted by Crippen LogP contribution is -2.02. The SMILES string of the molecule is CCCCc1nc2c(C)nc(C)cc2n1-c1ccc(CC)cc1. The number of aryl methyl sites for hydroxylation is 4. The van der Waals surface area contributed by atoms with E-state index in [-0.39, 0.29) is 0 Å². The van der Waals surface area contributed by atoms with Gasteiger partial charge in [0.15, 0.2) is 0 Å². The minimum absolute atomic E-state index is 0.999. The van der Waals surface area contributed by atoms with Crippen LogP contribution < -0.4 is 0 Å². The molecule has 0 N–H and O–H groups in total. The van der Waals surface area contributed by atoms with E-state index < -0.39 is 0 Å². The van der Waals surface area contributed by atoms with Gasteiger partial charge in [0, 0.05) is 17.8 Å². The van der Waals surface area contributed by atoms with Crippen molar-refractivity contribution >= 4 is 11.0 Å². The van der Waals surface area contributed by atoms with Crippen molar-refractivity contribution in [1.82, 2.24) is 14.5 Å². The average Bonchev–Trinajstić information content (AvgIpc) is 2.91. The maximum atomic E-state index is 4.91. The molecule has 2 heterocycles. The average molecular weight is 307 g/mol. The van der Waals surface area contributed by atoms with E-state index in [4.69, 9.17) is 4.98 Å². The molecule has 0 saturated carbocycles. The maximum absolute atomic E-state index is 4.91. The normalized spacial score (nSPS) is 11.3. The number of aromatic nitrogens is 3. The van der Waals surface area contributed by atoms with Crippen molar-refractivity contribution in [2.75, 3.05) is 0 Å². The molecule has 23 heavy (non-hydrogen) atoms. The summed E-state index contributed by atoms with van der Waals surface area (Å²) in [7, 11) is 0. The smallest absolute Gasteiger partial charge is 0.114 e. The molecule has 1 aromatic carbocycles. The van der Waals surface area contributed by atoms with Crippen molar-refractivity contribution in [3.63, 3.8) is 0 Å². The summed E-state index contributed by atoms with van der Waals surface area (Å²) >= 11 is 0. The molecule has 0 radical (unpaired) electrons. The minimum atomic E-state index is 0.999. The third-order valence-corrected chi connectivity index (χ3v) is 4.37. The highest BCUT2D eigenvalue weighted by atomic mass is 15.1. The summed E-state index contributed by atoms with van der Waals surface area (Å²) in [5.41, 5.74) is 6.82. The topological polar surface area (TPSA) is 30.7 Å². The molecule has 0 aliphatic heterocycles. The summed E-state index contributed by atoms with van der Waals surface area (Å²) in [6, 6.07) is 11.0. The molecule has 3 nitrogen and oxygen atoms in total. The lowest BCUT2D eigenvalue weighted by atomic mass is 10.1. The number of nitrogens with zero attached hydrogens (tertiary/aromatic N) is 3. The van der Waals surface area contributed by atoms with Gasteiger partial charge in [0.1, 0.15) is 11.3 Å². The largest absolute Gasteiger partial charge is 0.296 e. The lowest BCUT2D eigenvalue weighted by Gasteiger charge is -2.10. The zero-order chi connectivity index (χ0) is 16.4. The lowest BCUT2D eigenvalue weighted by molar-refractivity contribution is 0.744. The highest BCUT2D eigenvalue weighted by Gasteiger charge is 2.15. The van der Waals surface area contributed by atoms with Crippen molar-refractivity contribution in [2.45, 2.75) is 53.4 Å². The second-order valence-electron chi connectivity index (χ2n) is 6.20. The Morgan fingerprint density at radius 2 is 1.74 bits per heavy atom. The number of unbranched alkanes of at least 4 members (excludes halogenated alkanes) is 1. The van der Waals surface area contributed by atoms with Gasteiger partial charge >= 0.3 is 0 Å². The molecular weight excluding hydrogens is 282 g/mol. The summed E-state index contributed by atoms with van der Waals surface area (Å²) < 4.78 is 2.31. The van der Waals surface area contributed by atoms with E-state index in [9.17, 15) is 0 Å². The van der Waals surface area contributed by atoms with E-state index in [2.05, 4.69) is 67.6 Å². The van der Waals surface area contributed by atoms with Crippen molar-refractivity contribution in [2.24, 2.45) is 0 Å². The van der Waals surface area contributed by atoms with Gasteiger partial charge in [0.25, 0.3) is 0 Å². The fourth-order valence-electron chi connectivity index (χ4n) is 3.10. The molecule has 0 unspecified atom stereocenters. The van der Waals surface area contributed by atoms with Crippen molar-refractivity contribution in [1.29, 1.82) is 0 Å². The maximum Gasteiger partial charge on any atom is 0.114 e. The monoisotopic (exact) mass is 307 g/mol. The molecular formula is C20H25N3. The highest BCUT2D eigenvalue weighted by Crippen LogP contribution is 2.25. The predicted molar refractivity (Wildman–Crippen MR) is 96.3 cm³/mol. The van der Waals surface area contributed by atoms with Crippen LogP contribution in [0.2, 0.25) is 0 Å². The Kier molecular flexibility index (Phi) is 4.46. The fourth-order valence-corrected chi connectivity index (χ4v) is 3.10. The van der Waals surface area contributed by atoms with E-state index in [1.54, 1.807) is 0 Å². The van der Waals surface area contributed by atoms with Gasteiger partial charge < -0.3 is 0 Å². The van der Waals surface area contributed by atoms with Crippen LogP contribution in [-0.4, -0.2) is 14.5 Å². The molecule has 120 valence electrons. The molecule has 0 aliphatic carbocycles. The first kappa shape index (κ1) is 15.7. The van der Waals surface area contributed by atoms with Crippen molar-refractivity contribution in [3.05, 3.63) is 53.1 Å². The molecule has 0 atom stereocenters. The molecule has 2 aromatic heterocycles. The summed E-state index contributed by atoms with van der Waals surface area (Å²) in [6.07, 6.45) is 4.39. The first-order valence-electron chi connectivity index (χ1n) is 8.59. The van der Waals surface area contributed by atoms with Gasteiger partial charge in [-0.15, -0.1) is 0 Å². The molecule has 0 aliphatic rings. The Hall–Kier alpha value is -2.16. The van der Waals surface area contributed by atoms with Crippen LogP contribution in [0.25, 0.3) is 16.7 Å². The second-order valence-corrected chi connectivity index (χ2v) is 6.20. The van der Waals surface area contributed by atoms with Crippen LogP contribution in [0.1, 0.15) is 49.5 Å². The first-order chi connectivity index (χ1) is 11.1. The zero-order valence-electron chi connectivity index (χ0n) is 14.6. The number of hydrogen-bond acceptors (Lipinski definition) is 2. The third kappa shape index (κ3) is 3.00. The van der Waals surface area contributed by atoms with E-state index in [1.807, 2.05) is 0 Å². The summed E-state index contributed by atoms with van der Waals surface area (Å²) in [5.74, 6) is 1.14. The Bertz CT molecular complexity index is 813. The van der Waals surface area contributed by atoms with E-state index in [1.165, 1.54) is 23.2 Å². The van der Waals surface area contributed by atoms with E-state index >= 15 is 0 Å². The standard InChI is InChI=1S/C20H25N3/c1-5-7-8-19-22-20-15(4)21-14(3)13-18(20)23(19)17-11-9-16(6-2)10-12-17/h9-13H,5-8H2,1-4H3. The van der Waals surface area contributed by atoms with Crippen LogP contribution in [0.3, 0.4) is 0 Å². The molecule has 3 heteroatoms. The summed E-state index contributed by atoms with van der Waals surface area (Å²) in [6.45, 7) is 8.51. The number of benzene rings is 1. The van der Waals surface area contributed by atoms with Gasteiger partial charge in [-0.05, 0) is 50.5 Å². The molecule has 0 amide bonds. The number of pyridine rings is 1. The number of hydrogen-bond donors (Lipinski definition) is 0. The van der Waals surface area contributed by atoms with Gasteiger partial charge in [-0.3, -0.25) is 9.55 Å². The van der Waals surface area contributed by atoms with Crippen LogP contribution in [0.5, 0.6) is 0 Å². The van der Waals surface area contributed by atoms with Crippen LogP contribution in [0.15, 0.2) is 30.3 Å². The molecule has 3 aromatic rings. The van der Waals surface area contributed by atoms with Gasteiger partial charge in [-0.1, -0.05) is 32.4 Å². The van der Waals surface area contributed by atoms with Gasteiger partial charge in [0.2, 0.25) is 0 Å². The van der Waals surface area contributed by atoms with Crippen LogP contribution in [0, 0.1) is 13.8 Å². The Balaban J connectivity index is 2.21. The Morgan fingerprint density at radius 3 is 2.39 bits per heavy atom. The number of fused-ring (bicyclic) bond motifs is 1. The van der Waals surface area contributed by atoms with Crippen molar-refractivity contribution in [3.8, 4) is 5.69 Å². The highest BCUT2D eigenvalue weighted by molar-refractivity contribution is 5.80. The van der Waals surface area contributed by atoms with Gasteiger partial charge in [-0.2, -0.15) is 0 Å². The van der Waals surface area contributed by atoms with E-state index in [0.717, 1.165) is 42.0 Å². The molecule has 0 bridgehead atoms. The predicted octanol–water partition coefficient (Wildman–Crippen LogP) is 4.94. The quantitative estimate of drug-likeness (QED) is 0.668. The van der Waals surface area contributed by atoms with E-state index in [0.29, 0.717) is 0 Å². The Labute approximate surface area is 138 Å². The first-order valence-corrected chi connectivity index (χ1v) is 8.59. The van der Waals surface area contributed by atoms with Gasteiger partial charge in [-0.25, -0.2) is 4.98 Å². The third-order valence-electron chi connectivity index (χ3n) is 4.37. The van der Waals surface area contributed by atoms with Crippen molar-refractivity contribution < 1.29 is 0 Å². The van der Waals surface area contributed by atoms with Crippen LogP contribution in [-0.2, 0) is 12.8 Å². The molecule has 3 rings (SSSR count). The molecule has 0 spiro atoms. The second kappa shape index (κ2) is 6.53. The minimum Gasteiger partial charge on any atom is -0.296 e. The number of imidazole rings is 1. The van der Waals surface area contributed by atoms with Gasteiger partial charge in [0.05, 0.1) is 11.2 Å². The molecule has 0 fully saturated rings. The molecule has 0 saturated heterocycles. The van der Waals surface area contributed by atoms with Crippen LogP contribution >= 0.6 is 0 Å². The fraction of sp³-hybridized carbons (Fsp3) is 0.400. The summed E-state index contributed by atoms with van der Waals surface area (Å²) in [4.78, 5) is 9.49. The zero-order valence-corrected chi connectivity index (χ0v) is 14.6.